The van der Waals surface area contributed by atoms with Gasteiger partial charge in [0.05, 0.1) is 13.2 Å². The number of methoxy groups -OCH3 is 1. The fourth-order valence-electron chi connectivity index (χ4n) is 2.06. The lowest BCUT2D eigenvalue weighted by Gasteiger charge is -2.22. The van der Waals surface area contributed by atoms with Crippen molar-refractivity contribution in [2.24, 2.45) is 5.41 Å². The highest BCUT2D eigenvalue weighted by Gasteiger charge is 2.22. The van der Waals surface area contributed by atoms with E-state index in [1.54, 1.807) is 18.2 Å². The highest BCUT2D eigenvalue weighted by atomic mass is 32.2. The summed E-state index contributed by atoms with van der Waals surface area (Å²) in [6.45, 7) is 7.78. The summed E-state index contributed by atoms with van der Waals surface area (Å²) in [6.07, 6.45) is -0.212. The first-order valence-electron chi connectivity index (χ1n) is 6.87. The number of sulfonamides is 1. The van der Waals surface area contributed by atoms with Crippen LogP contribution >= 0.6 is 0 Å². The van der Waals surface area contributed by atoms with Crippen LogP contribution in [0.15, 0.2) is 23.1 Å². The highest BCUT2D eigenvalue weighted by molar-refractivity contribution is 7.89. The van der Waals surface area contributed by atoms with E-state index >= 15 is 0 Å². The zero-order chi connectivity index (χ0) is 16.3. The Morgan fingerprint density at radius 3 is 2.48 bits per heavy atom. The summed E-state index contributed by atoms with van der Waals surface area (Å²) in [5, 5.41) is 9.92. The third-order valence-electron chi connectivity index (χ3n) is 2.97. The van der Waals surface area contributed by atoms with E-state index in [4.69, 9.17) is 4.74 Å². The third kappa shape index (κ3) is 5.65. The van der Waals surface area contributed by atoms with Crippen LogP contribution in [-0.2, 0) is 10.0 Å². The molecule has 0 spiro atoms. The van der Waals surface area contributed by atoms with Crippen molar-refractivity contribution in [2.45, 2.75) is 45.1 Å². The lowest BCUT2D eigenvalue weighted by atomic mass is 9.89. The van der Waals surface area contributed by atoms with E-state index in [0.717, 1.165) is 5.56 Å². The van der Waals surface area contributed by atoms with Gasteiger partial charge in [-0.3, -0.25) is 0 Å². The second kappa shape index (κ2) is 6.77. The first-order chi connectivity index (χ1) is 9.55. The number of aryl methyl sites for hydroxylation is 1. The maximum Gasteiger partial charge on any atom is 0.244 e. The lowest BCUT2D eigenvalue weighted by molar-refractivity contribution is 0.125. The standard InChI is InChI=1S/C15H25NO4S/c1-11-6-7-13(20-5)14(8-11)21(18,19)16-10-12(17)9-15(2,3)4/h6-8,12,16-17H,9-10H2,1-5H3. The maximum absolute atomic E-state index is 12.3. The molecule has 0 fully saturated rings. The largest absolute Gasteiger partial charge is 0.495 e. The van der Waals surface area contributed by atoms with Crippen molar-refractivity contribution in [1.29, 1.82) is 0 Å². The molecule has 0 radical (unpaired) electrons. The number of hydrogen-bond acceptors (Lipinski definition) is 4. The van der Waals surface area contributed by atoms with Crippen molar-refractivity contribution >= 4 is 10.0 Å². The van der Waals surface area contributed by atoms with Crippen LogP contribution in [0.3, 0.4) is 0 Å². The number of aliphatic hydroxyl groups excluding tert-OH is 1. The van der Waals surface area contributed by atoms with Gasteiger partial charge in [0.25, 0.3) is 0 Å². The molecule has 0 heterocycles. The van der Waals surface area contributed by atoms with Crippen LogP contribution in [0.4, 0.5) is 0 Å². The Morgan fingerprint density at radius 1 is 1.33 bits per heavy atom. The van der Waals surface area contributed by atoms with Gasteiger partial charge in [-0.15, -0.1) is 0 Å². The molecule has 2 N–H and O–H groups in total. The van der Waals surface area contributed by atoms with Gasteiger partial charge >= 0.3 is 0 Å². The fraction of sp³-hybridized carbons (Fsp3) is 0.600. The molecule has 0 aliphatic rings. The Labute approximate surface area is 127 Å². The lowest BCUT2D eigenvalue weighted by Crippen LogP contribution is -2.34. The number of benzene rings is 1. The van der Waals surface area contributed by atoms with E-state index < -0.39 is 16.1 Å². The second-order valence-corrected chi connectivity index (χ2v) is 8.16. The van der Waals surface area contributed by atoms with Crippen molar-refractivity contribution in [3.63, 3.8) is 0 Å². The first-order valence-corrected chi connectivity index (χ1v) is 8.36. The molecule has 6 heteroatoms. The van der Waals surface area contributed by atoms with E-state index in [0.29, 0.717) is 12.2 Å². The molecule has 0 saturated carbocycles. The SMILES string of the molecule is COc1ccc(C)cc1S(=O)(=O)NCC(O)CC(C)(C)C. The van der Waals surface area contributed by atoms with Crippen molar-refractivity contribution in [2.75, 3.05) is 13.7 Å². The predicted octanol–water partition coefficient (Wildman–Crippen LogP) is 2.08. The minimum absolute atomic E-state index is 0.0172. The molecule has 5 nitrogen and oxygen atoms in total. The predicted molar refractivity (Wildman–Crippen MR) is 83.0 cm³/mol. The number of aliphatic hydroxyl groups is 1. The summed E-state index contributed by atoms with van der Waals surface area (Å²) >= 11 is 0. The summed E-state index contributed by atoms with van der Waals surface area (Å²) in [5.74, 6) is 0.290. The second-order valence-electron chi connectivity index (χ2n) is 6.42. The van der Waals surface area contributed by atoms with Crippen LogP contribution in [0, 0.1) is 12.3 Å². The van der Waals surface area contributed by atoms with Gasteiger partial charge in [0.2, 0.25) is 10.0 Å². The zero-order valence-corrected chi connectivity index (χ0v) is 14.1. The van der Waals surface area contributed by atoms with Gasteiger partial charge < -0.3 is 9.84 Å². The summed E-state index contributed by atoms with van der Waals surface area (Å²) in [4.78, 5) is 0.0907. The molecule has 0 aromatic heterocycles. The van der Waals surface area contributed by atoms with Crippen LogP contribution in [-0.4, -0.2) is 33.3 Å². The monoisotopic (exact) mass is 315 g/mol. The minimum Gasteiger partial charge on any atom is -0.495 e. The van der Waals surface area contributed by atoms with Crippen LogP contribution < -0.4 is 9.46 Å². The maximum atomic E-state index is 12.3. The zero-order valence-electron chi connectivity index (χ0n) is 13.3. The van der Waals surface area contributed by atoms with Crippen LogP contribution in [0.5, 0.6) is 5.75 Å². The molecule has 1 atom stereocenters. The average molecular weight is 315 g/mol. The van der Waals surface area contributed by atoms with Gasteiger partial charge in [-0.25, -0.2) is 13.1 Å². The average Bonchev–Trinajstić information content (AvgIpc) is 2.34. The summed E-state index contributed by atoms with van der Waals surface area (Å²) in [6, 6.07) is 4.96. The molecule has 1 aromatic carbocycles. The van der Waals surface area contributed by atoms with E-state index in [9.17, 15) is 13.5 Å². The molecule has 21 heavy (non-hydrogen) atoms. The molecular formula is C15H25NO4S. The van der Waals surface area contributed by atoms with Crippen molar-refractivity contribution in [1.82, 2.24) is 4.72 Å². The van der Waals surface area contributed by atoms with E-state index in [1.165, 1.54) is 7.11 Å². The number of rotatable bonds is 6. The molecule has 1 rings (SSSR count). The quantitative estimate of drug-likeness (QED) is 0.843. The van der Waals surface area contributed by atoms with Crippen LogP contribution in [0.1, 0.15) is 32.8 Å². The van der Waals surface area contributed by atoms with Gasteiger partial charge in [0, 0.05) is 6.54 Å². The Hall–Kier alpha value is -1.11. The summed E-state index contributed by atoms with van der Waals surface area (Å²) in [5.41, 5.74) is 0.762. The number of hydrogen-bond donors (Lipinski definition) is 2. The smallest absolute Gasteiger partial charge is 0.244 e. The molecule has 1 aromatic rings. The molecule has 120 valence electrons. The van der Waals surface area contributed by atoms with E-state index in [-0.39, 0.29) is 16.9 Å². The van der Waals surface area contributed by atoms with Crippen molar-refractivity contribution in [3.05, 3.63) is 23.8 Å². The number of ether oxygens (including phenoxy) is 1. The van der Waals surface area contributed by atoms with Crippen LogP contribution in [0.2, 0.25) is 0 Å². The Morgan fingerprint density at radius 2 is 1.95 bits per heavy atom. The minimum atomic E-state index is -3.71. The molecule has 0 aliphatic heterocycles. The third-order valence-corrected chi connectivity index (χ3v) is 4.41. The Balaban J connectivity index is 2.85. The van der Waals surface area contributed by atoms with Gasteiger partial charge in [0.1, 0.15) is 10.6 Å². The van der Waals surface area contributed by atoms with Gasteiger partial charge in [-0.2, -0.15) is 0 Å². The fourth-order valence-corrected chi connectivity index (χ4v) is 3.38. The summed E-state index contributed by atoms with van der Waals surface area (Å²) in [7, 11) is -2.28. The normalized spacial score (nSPS) is 14.0. The number of nitrogens with one attached hydrogen (secondary N) is 1. The Kier molecular flexibility index (Phi) is 5.78. The molecule has 0 saturated heterocycles. The van der Waals surface area contributed by atoms with E-state index in [2.05, 4.69) is 4.72 Å². The van der Waals surface area contributed by atoms with Gasteiger partial charge in [-0.1, -0.05) is 26.8 Å². The van der Waals surface area contributed by atoms with Gasteiger partial charge in [-0.05, 0) is 36.5 Å². The highest BCUT2D eigenvalue weighted by Crippen LogP contribution is 2.25. The Bertz CT molecular complexity index is 576. The molecule has 0 aliphatic carbocycles. The van der Waals surface area contributed by atoms with Gasteiger partial charge in [0.15, 0.2) is 0 Å². The van der Waals surface area contributed by atoms with Crippen LogP contribution in [0.25, 0.3) is 0 Å². The summed E-state index contributed by atoms with van der Waals surface area (Å²) < 4.78 is 32.2. The molecule has 1 unspecified atom stereocenters. The molecule has 0 bridgehead atoms. The topological polar surface area (TPSA) is 75.6 Å². The first kappa shape index (κ1) is 17.9. The van der Waals surface area contributed by atoms with Crippen molar-refractivity contribution < 1.29 is 18.3 Å². The van der Waals surface area contributed by atoms with Crippen molar-refractivity contribution in [3.8, 4) is 5.75 Å². The van der Waals surface area contributed by atoms with E-state index in [1.807, 2.05) is 27.7 Å². The molecular weight excluding hydrogens is 290 g/mol. The molecule has 0 amide bonds.